The number of carbonyl (C=O) groups excluding carboxylic acids is 1. The van der Waals surface area contributed by atoms with Gasteiger partial charge >= 0.3 is 0 Å². The number of benzene rings is 2. The van der Waals surface area contributed by atoms with Gasteiger partial charge in [-0.25, -0.2) is 0 Å². The number of fused-ring (bicyclic) bond motifs is 2. The normalized spacial score (nSPS) is 18.5. The maximum Gasteiger partial charge on any atom is 0.244 e. The van der Waals surface area contributed by atoms with E-state index in [9.17, 15) is 4.79 Å². The average Bonchev–Trinajstić information content (AvgIpc) is 3.15. The maximum absolute atomic E-state index is 13.6. The fraction of sp³-hybridized carbons (Fsp3) is 0.375. The molecule has 6 heteroatoms. The highest BCUT2D eigenvalue weighted by Gasteiger charge is 2.34. The van der Waals surface area contributed by atoms with Gasteiger partial charge in [-0.3, -0.25) is 4.79 Å². The van der Waals surface area contributed by atoms with Gasteiger partial charge in [0.1, 0.15) is 0 Å². The van der Waals surface area contributed by atoms with Crippen LogP contribution in [0.2, 0.25) is 5.02 Å². The van der Waals surface area contributed by atoms with Crippen LogP contribution in [0.5, 0.6) is 0 Å². The summed E-state index contributed by atoms with van der Waals surface area (Å²) in [5.74, 6) is 0.184. The van der Waals surface area contributed by atoms with Crippen molar-refractivity contribution in [2.45, 2.75) is 25.3 Å². The van der Waals surface area contributed by atoms with Crippen molar-refractivity contribution in [3.63, 3.8) is 0 Å². The standard InChI is InChI=1S/C24H29ClN4O/c1-15(20-12-27-21-7-5-4-6-19(20)21)23(26)24(30)29-14-16(13-28(2)3)10-17-11-18(25)8-9-22(17)29/h4-9,11-12,15-16,23,27H,10,13-14,26H2,1-3H3/t15?,16-,23?/m0/s1. The first-order valence-corrected chi connectivity index (χ1v) is 10.8. The Labute approximate surface area is 182 Å². The Balaban J connectivity index is 1.63. The highest BCUT2D eigenvalue weighted by Crippen LogP contribution is 2.34. The van der Waals surface area contributed by atoms with Gasteiger partial charge in [0, 0.05) is 46.8 Å². The molecular formula is C24H29ClN4O. The van der Waals surface area contributed by atoms with E-state index in [0.717, 1.165) is 40.7 Å². The van der Waals surface area contributed by atoms with Gasteiger partial charge < -0.3 is 20.5 Å². The fourth-order valence-corrected chi connectivity index (χ4v) is 4.81. The van der Waals surface area contributed by atoms with Gasteiger partial charge in [-0.15, -0.1) is 0 Å². The number of carbonyl (C=O) groups is 1. The van der Waals surface area contributed by atoms with Crippen molar-refractivity contribution >= 4 is 34.1 Å². The van der Waals surface area contributed by atoms with E-state index in [1.54, 1.807) is 0 Å². The molecule has 1 aliphatic heterocycles. The molecule has 5 nitrogen and oxygen atoms in total. The summed E-state index contributed by atoms with van der Waals surface area (Å²) < 4.78 is 0. The summed E-state index contributed by atoms with van der Waals surface area (Å²) in [6.07, 6.45) is 2.88. The molecule has 0 fully saturated rings. The van der Waals surface area contributed by atoms with Crippen molar-refractivity contribution in [2.75, 3.05) is 32.1 Å². The van der Waals surface area contributed by atoms with Gasteiger partial charge in [-0.2, -0.15) is 0 Å². The molecule has 0 saturated carbocycles. The number of rotatable bonds is 5. The van der Waals surface area contributed by atoms with Crippen molar-refractivity contribution in [3.8, 4) is 0 Å². The van der Waals surface area contributed by atoms with Crippen LogP contribution in [0.3, 0.4) is 0 Å². The minimum absolute atomic E-state index is 0.0418. The third-order valence-electron chi connectivity index (χ3n) is 6.11. The van der Waals surface area contributed by atoms with Crippen LogP contribution in [0.25, 0.3) is 10.9 Å². The Kier molecular flexibility index (Phi) is 5.87. The van der Waals surface area contributed by atoms with Crippen LogP contribution in [0.1, 0.15) is 24.0 Å². The minimum atomic E-state index is -0.633. The molecule has 2 aromatic carbocycles. The van der Waals surface area contributed by atoms with Crippen molar-refractivity contribution in [3.05, 3.63) is 64.8 Å². The van der Waals surface area contributed by atoms with Crippen LogP contribution in [-0.2, 0) is 11.2 Å². The first-order chi connectivity index (χ1) is 14.3. The molecule has 0 bridgehead atoms. The Morgan fingerprint density at radius 1 is 1.30 bits per heavy atom. The number of nitrogens with two attached hydrogens (primary N) is 1. The molecule has 1 amide bonds. The van der Waals surface area contributed by atoms with Crippen molar-refractivity contribution in [2.24, 2.45) is 11.7 Å². The molecule has 3 atom stereocenters. The summed E-state index contributed by atoms with van der Waals surface area (Å²) in [5, 5.41) is 1.81. The number of nitrogens with one attached hydrogen (secondary N) is 1. The second-order valence-electron chi connectivity index (χ2n) is 8.66. The summed E-state index contributed by atoms with van der Waals surface area (Å²) in [6, 6.07) is 13.3. The molecule has 30 heavy (non-hydrogen) atoms. The summed E-state index contributed by atoms with van der Waals surface area (Å²) in [5.41, 5.74) is 10.7. The number of aromatic nitrogens is 1. The lowest BCUT2D eigenvalue weighted by Crippen LogP contribution is -2.51. The third kappa shape index (κ3) is 3.97. The summed E-state index contributed by atoms with van der Waals surface area (Å²) in [6.45, 7) is 3.60. The molecule has 3 aromatic rings. The van der Waals surface area contributed by atoms with Crippen LogP contribution in [0.4, 0.5) is 5.69 Å². The fourth-order valence-electron chi connectivity index (χ4n) is 4.62. The average molecular weight is 425 g/mol. The highest BCUT2D eigenvalue weighted by molar-refractivity contribution is 6.30. The van der Waals surface area contributed by atoms with Crippen LogP contribution in [0.15, 0.2) is 48.7 Å². The van der Waals surface area contributed by atoms with Crippen molar-refractivity contribution in [1.82, 2.24) is 9.88 Å². The van der Waals surface area contributed by atoms with Crippen LogP contribution >= 0.6 is 11.6 Å². The summed E-state index contributed by atoms with van der Waals surface area (Å²) in [4.78, 5) is 20.9. The van der Waals surface area contributed by atoms with Crippen LogP contribution in [0, 0.1) is 5.92 Å². The van der Waals surface area contributed by atoms with Gasteiger partial charge in [0.25, 0.3) is 0 Å². The molecule has 4 rings (SSSR count). The lowest BCUT2D eigenvalue weighted by atomic mass is 9.89. The first kappa shape index (κ1) is 20.9. The Bertz CT molecular complexity index is 1060. The van der Waals surface area contributed by atoms with E-state index >= 15 is 0 Å². The number of aromatic amines is 1. The second kappa shape index (κ2) is 8.42. The molecule has 0 aliphatic carbocycles. The number of anilines is 1. The summed E-state index contributed by atoms with van der Waals surface area (Å²) >= 11 is 6.25. The van der Waals surface area contributed by atoms with Gasteiger partial charge in [0.2, 0.25) is 5.91 Å². The molecule has 3 N–H and O–H groups in total. The van der Waals surface area contributed by atoms with Gasteiger partial charge in [0.05, 0.1) is 6.04 Å². The molecule has 158 valence electrons. The van der Waals surface area contributed by atoms with Crippen molar-refractivity contribution < 1.29 is 4.79 Å². The zero-order valence-corrected chi connectivity index (χ0v) is 18.5. The van der Waals surface area contributed by atoms with Crippen LogP contribution < -0.4 is 10.6 Å². The zero-order valence-electron chi connectivity index (χ0n) is 17.7. The molecule has 1 aliphatic rings. The molecule has 2 heterocycles. The monoisotopic (exact) mass is 424 g/mol. The predicted octanol–water partition coefficient (Wildman–Crippen LogP) is 4.02. The van der Waals surface area contributed by atoms with E-state index in [2.05, 4.69) is 30.0 Å². The first-order valence-electron chi connectivity index (χ1n) is 10.4. The zero-order chi connectivity index (χ0) is 21.4. The number of hydrogen-bond acceptors (Lipinski definition) is 3. The lowest BCUT2D eigenvalue weighted by molar-refractivity contribution is -0.120. The molecular weight excluding hydrogens is 396 g/mol. The number of para-hydroxylation sites is 1. The number of H-pyrrole nitrogens is 1. The Morgan fingerprint density at radius 3 is 2.83 bits per heavy atom. The molecule has 0 spiro atoms. The van der Waals surface area contributed by atoms with E-state index in [4.69, 9.17) is 17.3 Å². The third-order valence-corrected chi connectivity index (χ3v) is 6.34. The Hall–Kier alpha value is -2.34. The maximum atomic E-state index is 13.6. The highest BCUT2D eigenvalue weighted by atomic mass is 35.5. The quantitative estimate of drug-likeness (QED) is 0.650. The van der Waals surface area contributed by atoms with Gasteiger partial charge in [-0.1, -0.05) is 36.7 Å². The minimum Gasteiger partial charge on any atom is -0.361 e. The molecule has 2 unspecified atom stereocenters. The topological polar surface area (TPSA) is 65.4 Å². The van der Waals surface area contributed by atoms with E-state index in [1.807, 2.05) is 54.4 Å². The smallest absolute Gasteiger partial charge is 0.244 e. The molecule has 0 saturated heterocycles. The van der Waals surface area contributed by atoms with E-state index < -0.39 is 6.04 Å². The molecule has 1 aromatic heterocycles. The van der Waals surface area contributed by atoms with Crippen molar-refractivity contribution in [1.29, 1.82) is 0 Å². The Morgan fingerprint density at radius 2 is 2.07 bits per heavy atom. The van der Waals surface area contributed by atoms with Gasteiger partial charge in [-0.05, 0) is 61.8 Å². The second-order valence-corrected chi connectivity index (χ2v) is 9.09. The van der Waals surface area contributed by atoms with E-state index in [1.165, 1.54) is 0 Å². The molecule has 0 radical (unpaired) electrons. The lowest BCUT2D eigenvalue weighted by Gasteiger charge is -2.38. The largest absolute Gasteiger partial charge is 0.361 e. The van der Waals surface area contributed by atoms with Crippen LogP contribution in [-0.4, -0.2) is 49.0 Å². The SMILES string of the molecule is CC(c1c[nH]c2ccccc12)C(N)C(=O)N1C[C@H](CN(C)C)Cc2cc(Cl)ccc21. The number of amides is 1. The van der Waals surface area contributed by atoms with E-state index in [-0.39, 0.29) is 11.8 Å². The van der Waals surface area contributed by atoms with Gasteiger partial charge in [0.15, 0.2) is 0 Å². The van der Waals surface area contributed by atoms with E-state index in [0.29, 0.717) is 17.5 Å². The number of halogens is 1. The predicted molar refractivity (Wildman–Crippen MR) is 124 cm³/mol. The number of nitrogens with zero attached hydrogens (tertiary/aromatic N) is 2. The number of hydrogen-bond donors (Lipinski definition) is 2. The summed E-state index contributed by atoms with van der Waals surface area (Å²) in [7, 11) is 4.12.